The number of aliphatic carboxylic acids is 1. The number of hydrogen-bond donors (Lipinski definition) is 1. The van der Waals surface area contributed by atoms with Crippen molar-refractivity contribution in [1.29, 1.82) is 0 Å². The van der Waals surface area contributed by atoms with E-state index in [2.05, 4.69) is 4.98 Å². The predicted octanol–water partition coefficient (Wildman–Crippen LogP) is 3.85. The highest BCUT2D eigenvalue weighted by Gasteiger charge is 2.19. The lowest BCUT2D eigenvalue weighted by Crippen LogP contribution is -2.16. The van der Waals surface area contributed by atoms with E-state index in [4.69, 9.17) is 0 Å². The Hall–Kier alpha value is -2.88. The Morgan fingerprint density at radius 1 is 1.09 bits per heavy atom. The number of carbonyl (C=O) groups is 1. The van der Waals surface area contributed by atoms with Crippen molar-refractivity contribution in [1.82, 2.24) is 9.55 Å². The first-order valence-electron chi connectivity index (χ1n) is 7.10. The summed E-state index contributed by atoms with van der Waals surface area (Å²) in [6.45, 7) is 1.66. The van der Waals surface area contributed by atoms with Crippen LogP contribution in [-0.4, -0.2) is 20.6 Å². The third kappa shape index (κ3) is 2.63. The Bertz CT molecular complexity index is 835. The minimum Gasteiger partial charge on any atom is -0.480 e. The highest BCUT2D eigenvalue weighted by atomic mass is 16.4. The number of benzene rings is 2. The van der Waals surface area contributed by atoms with Crippen LogP contribution in [0.4, 0.5) is 0 Å². The quantitative estimate of drug-likeness (QED) is 0.794. The Morgan fingerprint density at radius 2 is 1.77 bits per heavy atom. The lowest BCUT2D eigenvalue weighted by atomic mass is 10.2. The second-order valence-electron chi connectivity index (χ2n) is 5.09. The summed E-state index contributed by atoms with van der Waals surface area (Å²) in [5.41, 5.74) is 2.66. The van der Waals surface area contributed by atoms with Crippen LogP contribution in [0.5, 0.6) is 0 Å². The average Bonchev–Trinajstić information content (AvgIpc) is 2.91. The lowest BCUT2D eigenvalue weighted by molar-refractivity contribution is -0.140. The monoisotopic (exact) mass is 292 g/mol. The summed E-state index contributed by atoms with van der Waals surface area (Å²) in [6.07, 6.45) is 3.79. The minimum atomic E-state index is -0.877. The molecule has 0 aliphatic heterocycles. The van der Waals surface area contributed by atoms with Gasteiger partial charge in [-0.2, -0.15) is 0 Å². The third-order valence-electron chi connectivity index (χ3n) is 3.59. The summed E-state index contributed by atoms with van der Waals surface area (Å²) < 4.78 is 1.75. The van der Waals surface area contributed by atoms with Crippen molar-refractivity contribution in [3.05, 3.63) is 66.0 Å². The molecule has 0 aliphatic carbocycles. The van der Waals surface area contributed by atoms with Crippen molar-refractivity contribution in [2.45, 2.75) is 13.0 Å². The third-order valence-corrected chi connectivity index (χ3v) is 3.59. The smallest absolute Gasteiger partial charge is 0.326 e. The van der Waals surface area contributed by atoms with Crippen molar-refractivity contribution >= 4 is 29.2 Å². The van der Waals surface area contributed by atoms with Gasteiger partial charge in [0.25, 0.3) is 0 Å². The van der Waals surface area contributed by atoms with Crippen LogP contribution in [0.2, 0.25) is 0 Å². The van der Waals surface area contributed by atoms with Gasteiger partial charge in [0.15, 0.2) is 0 Å². The van der Waals surface area contributed by atoms with Crippen LogP contribution in [0.1, 0.15) is 24.4 Å². The molecule has 0 aliphatic rings. The zero-order valence-corrected chi connectivity index (χ0v) is 12.2. The molecule has 4 heteroatoms. The number of imidazole rings is 1. The van der Waals surface area contributed by atoms with Crippen molar-refractivity contribution in [2.24, 2.45) is 0 Å². The van der Waals surface area contributed by atoms with E-state index in [1.807, 2.05) is 66.7 Å². The van der Waals surface area contributed by atoms with Crippen molar-refractivity contribution in [2.75, 3.05) is 0 Å². The number of aromatic nitrogens is 2. The van der Waals surface area contributed by atoms with E-state index in [1.54, 1.807) is 11.5 Å². The molecule has 2 aromatic carbocycles. The molecule has 1 heterocycles. The molecule has 0 fully saturated rings. The molecule has 1 aromatic heterocycles. The Labute approximate surface area is 128 Å². The number of para-hydroxylation sites is 2. The van der Waals surface area contributed by atoms with Gasteiger partial charge in [-0.25, -0.2) is 9.78 Å². The fourth-order valence-electron chi connectivity index (χ4n) is 2.43. The summed E-state index contributed by atoms with van der Waals surface area (Å²) in [5, 5.41) is 9.35. The van der Waals surface area contributed by atoms with Crippen LogP contribution < -0.4 is 0 Å². The van der Waals surface area contributed by atoms with Gasteiger partial charge in [-0.05, 0) is 30.7 Å². The van der Waals surface area contributed by atoms with Crippen LogP contribution in [0.25, 0.3) is 23.2 Å². The fraction of sp³-hybridized carbons (Fsp3) is 0.111. The highest BCUT2D eigenvalue weighted by molar-refractivity contribution is 5.83. The predicted molar refractivity (Wildman–Crippen MR) is 87.4 cm³/mol. The number of hydrogen-bond acceptors (Lipinski definition) is 2. The zero-order chi connectivity index (χ0) is 15.5. The molecule has 0 saturated heterocycles. The first kappa shape index (κ1) is 14.1. The number of fused-ring (bicyclic) bond motifs is 1. The lowest BCUT2D eigenvalue weighted by Gasteiger charge is -2.11. The molecule has 0 spiro atoms. The Balaban J connectivity index is 2.10. The first-order chi connectivity index (χ1) is 10.7. The minimum absolute atomic E-state index is 0.639. The summed E-state index contributed by atoms with van der Waals surface area (Å²) in [5.74, 6) is -0.238. The van der Waals surface area contributed by atoms with Crippen LogP contribution >= 0.6 is 0 Å². The van der Waals surface area contributed by atoms with Gasteiger partial charge < -0.3 is 9.67 Å². The number of nitrogens with zero attached hydrogens (tertiary/aromatic N) is 2. The van der Waals surface area contributed by atoms with Crippen molar-refractivity contribution in [3.63, 3.8) is 0 Å². The van der Waals surface area contributed by atoms with Crippen LogP contribution in [0.15, 0.2) is 54.6 Å². The molecule has 1 unspecified atom stereocenters. The fourth-order valence-corrected chi connectivity index (χ4v) is 2.43. The molecule has 3 aromatic rings. The normalized spacial score (nSPS) is 12.8. The maximum absolute atomic E-state index is 11.4. The molecule has 0 bridgehead atoms. The molecule has 4 nitrogen and oxygen atoms in total. The number of rotatable bonds is 4. The van der Waals surface area contributed by atoms with Crippen molar-refractivity contribution in [3.8, 4) is 0 Å². The van der Waals surface area contributed by atoms with Gasteiger partial charge in [0.05, 0.1) is 11.0 Å². The van der Waals surface area contributed by atoms with E-state index in [0.717, 1.165) is 16.6 Å². The molecule has 0 amide bonds. The Kier molecular flexibility index (Phi) is 3.74. The largest absolute Gasteiger partial charge is 0.480 e. The van der Waals surface area contributed by atoms with E-state index in [9.17, 15) is 9.90 Å². The number of carboxylic acid groups (broad SMARTS) is 1. The van der Waals surface area contributed by atoms with Gasteiger partial charge >= 0.3 is 5.97 Å². The second-order valence-corrected chi connectivity index (χ2v) is 5.09. The topological polar surface area (TPSA) is 55.1 Å². The molecular weight excluding hydrogens is 276 g/mol. The second kappa shape index (κ2) is 5.85. The molecule has 1 atom stereocenters. The van der Waals surface area contributed by atoms with Gasteiger partial charge in [-0.1, -0.05) is 48.5 Å². The van der Waals surface area contributed by atoms with E-state index < -0.39 is 12.0 Å². The summed E-state index contributed by atoms with van der Waals surface area (Å²) >= 11 is 0. The van der Waals surface area contributed by atoms with Crippen molar-refractivity contribution < 1.29 is 9.90 Å². The molecule has 3 rings (SSSR count). The van der Waals surface area contributed by atoms with E-state index in [-0.39, 0.29) is 0 Å². The SMILES string of the molecule is CC(C(=O)O)n1c(/C=C/c2ccccc2)nc2ccccc21. The molecule has 22 heavy (non-hydrogen) atoms. The van der Waals surface area contributed by atoms with Crippen LogP contribution in [0, 0.1) is 0 Å². The molecule has 0 saturated carbocycles. The van der Waals surface area contributed by atoms with E-state index in [0.29, 0.717) is 5.82 Å². The van der Waals surface area contributed by atoms with E-state index in [1.165, 1.54) is 0 Å². The first-order valence-corrected chi connectivity index (χ1v) is 7.10. The average molecular weight is 292 g/mol. The maximum atomic E-state index is 11.4. The molecule has 110 valence electrons. The van der Waals surface area contributed by atoms with Crippen LogP contribution in [0.3, 0.4) is 0 Å². The molecule has 0 radical (unpaired) electrons. The zero-order valence-electron chi connectivity index (χ0n) is 12.2. The molecule has 1 N–H and O–H groups in total. The highest BCUT2D eigenvalue weighted by Crippen LogP contribution is 2.22. The van der Waals surface area contributed by atoms with Crippen LogP contribution in [-0.2, 0) is 4.79 Å². The van der Waals surface area contributed by atoms with E-state index >= 15 is 0 Å². The Morgan fingerprint density at radius 3 is 2.50 bits per heavy atom. The molecular formula is C18H16N2O2. The summed E-state index contributed by atoms with van der Waals surface area (Å²) in [7, 11) is 0. The standard InChI is InChI=1S/C18H16N2O2/c1-13(18(21)22)20-16-10-6-5-9-15(16)19-17(20)12-11-14-7-3-2-4-8-14/h2-13H,1H3,(H,21,22)/b12-11+. The van der Waals surface area contributed by atoms with Gasteiger partial charge in [0.1, 0.15) is 11.9 Å². The maximum Gasteiger partial charge on any atom is 0.326 e. The van der Waals surface area contributed by atoms with Gasteiger partial charge in [-0.3, -0.25) is 0 Å². The summed E-state index contributed by atoms with van der Waals surface area (Å²) in [4.78, 5) is 15.9. The van der Waals surface area contributed by atoms with Gasteiger partial charge in [0.2, 0.25) is 0 Å². The summed E-state index contributed by atoms with van der Waals surface area (Å²) in [6, 6.07) is 16.7. The van der Waals surface area contributed by atoms with Gasteiger partial charge in [-0.15, -0.1) is 0 Å². The van der Waals surface area contributed by atoms with Gasteiger partial charge in [0, 0.05) is 0 Å². The number of carboxylic acids is 1.